The molecule has 0 unspecified atom stereocenters. The molecule has 2 N–H and O–H groups in total. The van der Waals surface area contributed by atoms with Crippen LogP contribution in [0.5, 0.6) is 0 Å². The molecule has 0 fully saturated rings. The summed E-state index contributed by atoms with van der Waals surface area (Å²) in [5.74, 6) is 0. The number of nitrogens with zero attached hydrogens (tertiary/aromatic N) is 12. The zero-order valence-corrected chi connectivity index (χ0v) is 36.1. The molecule has 0 bridgehead atoms. The van der Waals surface area contributed by atoms with Crippen molar-refractivity contribution in [2.24, 2.45) is 9.49 Å². The second-order valence-corrected chi connectivity index (χ2v) is 22.7. The van der Waals surface area contributed by atoms with Gasteiger partial charge in [0.15, 0.2) is 15.0 Å². The molecule has 8 rings (SSSR count). The number of aromatic amines is 2. The van der Waals surface area contributed by atoms with Crippen molar-refractivity contribution in [1.29, 1.82) is 0 Å². The van der Waals surface area contributed by atoms with Gasteiger partial charge in [-0.15, -0.1) is 0 Å². The molecule has 0 radical (unpaired) electrons. The van der Waals surface area contributed by atoms with E-state index in [1.165, 1.54) is 0 Å². The van der Waals surface area contributed by atoms with Gasteiger partial charge in [0, 0.05) is 76.2 Å². The lowest BCUT2D eigenvalue weighted by molar-refractivity contribution is 0.474. The van der Waals surface area contributed by atoms with E-state index in [0.717, 1.165) is 77.1 Å². The van der Waals surface area contributed by atoms with Gasteiger partial charge >= 0.3 is 0 Å². The van der Waals surface area contributed by atoms with E-state index in [2.05, 4.69) is 183 Å². The third-order valence-corrected chi connectivity index (χ3v) is 18.1. The summed E-state index contributed by atoms with van der Waals surface area (Å²) >= 11 is 0. The smallest absolute Gasteiger partial charge is 0.171 e. The minimum Gasteiger partial charge on any atom is -0.354 e. The molecular weight excluding hydrogens is 738 g/mol. The Hall–Kier alpha value is -4.62. The Balaban J connectivity index is 1.65. The van der Waals surface area contributed by atoms with Gasteiger partial charge < -0.3 is 18.8 Å². The van der Waals surface area contributed by atoms with Crippen molar-refractivity contribution in [3.8, 4) is 0 Å². The SMILES string of the molecule is CN(C)P(=Nc1c2ccn3ccnc3cc2[nH]c2c1ccc1ccc3c(N=P(N(C)C)(N(C)C)N(C)C)c4ccn5ccnc5cc4[nH]c3c12)(N(C)C)N(C)C. The lowest BCUT2D eigenvalue weighted by Crippen LogP contribution is -2.30. The van der Waals surface area contributed by atoms with E-state index < -0.39 is 15.0 Å². The summed E-state index contributed by atoms with van der Waals surface area (Å²) in [6, 6.07) is 17.4. The average Bonchev–Trinajstić information content (AvgIpc) is 3.69. The lowest BCUT2D eigenvalue weighted by Gasteiger charge is -2.41. The standard InChI is InChI=1S/C40H52N14P2/c1-47(2)55(48(3)4,49(5)6)45-37-28-17-21-53-23-19-41-34(53)25-32(28)43-39-30(37)15-13-27-14-16-31-38(46-56(50(7)8,51(9)10)52(11)12)29-18-22-54-24-20-42-35(54)26-33(29)44-40(31)36(27)39/h13-26,43-44H,1-12H3. The molecule has 56 heavy (non-hydrogen) atoms. The quantitative estimate of drug-likeness (QED) is 0.116. The molecule has 0 aliphatic carbocycles. The summed E-state index contributed by atoms with van der Waals surface area (Å²) in [6.07, 6.45) is 11.8. The highest BCUT2D eigenvalue weighted by atomic mass is 31.2. The predicted molar refractivity (Wildman–Crippen MR) is 238 cm³/mol. The molecule has 292 valence electrons. The predicted octanol–water partition coefficient (Wildman–Crippen LogP) is 9.05. The van der Waals surface area contributed by atoms with Crippen LogP contribution in [0.1, 0.15) is 0 Å². The Bertz CT molecular complexity index is 2740. The molecule has 0 saturated heterocycles. The summed E-state index contributed by atoms with van der Waals surface area (Å²) in [7, 11) is 20.7. The molecule has 0 amide bonds. The minimum absolute atomic E-state index is 0.840. The summed E-state index contributed by atoms with van der Waals surface area (Å²) in [4.78, 5) is 17.3. The molecule has 16 heteroatoms. The Morgan fingerprint density at radius 3 is 1.21 bits per heavy atom. The molecule has 0 saturated carbocycles. The normalized spacial score (nSPS) is 13.2. The second kappa shape index (κ2) is 14.1. The first kappa shape index (κ1) is 38.3. The number of aromatic nitrogens is 6. The number of rotatable bonds is 8. The Kier molecular flexibility index (Phi) is 9.63. The Labute approximate surface area is 327 Å². The highest BCUT2D eigenvalue weighted by molar-refractivity contribution is 7.59. The van der Waals surface area contributed by atoms with Crippen LogP contribution in [-0.4, -0.2) is 141 Å². The van der Waals surface area contributed by atoms with Crippen LogP contribution in [-0.2, 0) is 0 Å². The fourth-order valence-corrected chi connectivity index (χ4v) is 14.8. The maximum absolute atomic E-state index is 5.83. The van der Waals surface area contributed by atoms with Crippen molar-refractivity contribution in [2.45, 2.75) is 0 Å². The van der Waals surface area contributed by atoms with E-state index in [9.17, 15) is 0 Å². The summed E-state index contributed by atoms with van der Waals surface area (Å²) < 4.78 is 29.3. The Morgan fingerprint density at radius 2 is 0.857 bits per heavy atom. The zero-order valence-electron chi connectivity index (χ0n) is 34.3. The van der Waals surface area contributed by atoms with Gasteiger partial charge in [-0.05, 0) is 102 Å². The van der Waals surface area contributed by atoms with Gasteiger partial charge in [0.25, 0.3) is 0 Å². The van der Waals surface area contributed by atoms with Crippen molar-refractivity contribution in [3.05, 3.63) is 85.7 Å². The van der Waals surface area contributed by atoms with Crippen molar-refractivity contribution in [3.63, 3.8) is 0 Å². The number of imidazole rings is 2. The maximum atomic E-state index is 5.83. The van der Waals surface area contributed by atoms with Gasteiger partial charge in [-0.25, -0.2) is 19.5 Å². The molecule has 0 aliphatic rings. The van der Waals surface area contributed by atoms with Crippen LogP contribution in [0.2, 0.25) is 0 Å². The molecular formula is C40H52N14P2. The van der Waals surface area contributed by atoms with Crippen LogP contribution in [0.15, 0.2) is 95.2 Å². The van der Waals surface area contributed by atoms with Gasteiger partial charge in [0.05, 0.1) is 33.4 Å². The number of pyridine rings is 2. The van der Waals surface area contributed by atoms with E-state index in [-0.39, 0.29) is 0 Å². The summed E-state index contributed by atoms with van der Waals surface area (Å²) in [6.45, 7) is 0. The monoisotopic (exact) mass is 790 g/mol. The first-order valence-electron chi connectivity index (χ1n) is 18.5. The summed E-state index contributed by atoms with van der Waals surface area (Å²) in [5, 5.41) is 6.21. The van der Waals surface area contributed by atoms with Gasteiger partial charge in [-0.2, -0.15) is 0 Å². The summed E-state index contributed by atoms with van der Waals surface area (Å²) in [5.41, 5.74) is 7.35. The number of fused-ring (bicyclic) bond motifs is 9. The fourth-order valence-electron chi connectivity index (χ4n) is 8.45. The molecule has 2 aromatic carbocycles. The number of hydrogen-bond donors (Lipinski definition) is 2. The highest BCUT2D eigenvalue weighted by Gasteiger charge is 2.31. The minimum atomic E-state index is -2.39. The molecule has 6 heterocycles. The second-order valence-electron chi connectivity index (χ2n) is 15.3. The average molecular weight is 791 g/mol. The molecule has 8 aromatic rings. The first-order valence-corrected chi connectivity index (χ1v) is 21.7. The van der Waals surface area contributed by atoms with Crippen LogP contribution in [0.25, 0.3) is 65.7 Å². The number of benzene rings is 2. The van der Waals surface area contributed by atoms with Crippen molar-refractivity contribution in [1.82, 2.24) is 56.8 Å². The van der Waals surface area contributed by atoms with E-state index in [1.54, 1.807) is 0 Å². The van der Waals surface area contributed by atoms with E-state index in [1.807, 2.05) is 33.6 Å². The van der Waals surface area contributed by atoms with Crippen LogP contribution < -0.4 is 0 Å². The fraction of sp³-hybridized carbons (Fsp3) is 0.300. The van der Waals surface area contributed by atoms with Crippen LogP contribution >= 0.6 is 15.0 Å². The third kappa shape index (κ3) is 5.78. The van der Waals surface area contributed by atoms with Crippen molar-refractivity contribution in [2.75, 3.05) is 84.6 Å². The topological polar surface area (TPSA) is 110 Å². The van der Waals surface area contributed by atoms with Gasteiger partial charge in [-0.3, -0.25) is 28.0 Å². The molecule has 0 spiro atoms. The van der Waals surface area contributed by atoms with Gasteiger partial charge in [0.1, 0.15) is 11.3 Å². The lowest BCUT2D eigenvalue weighted by atomic mass is 9.99. The van der Waals surface area contributed by atoms with Crippen molar-refractivity contribution >= 4 is 92.1 Å². The molecule has 0 aliphatic heterocycles. The molecule has 0 atom stereocenters. The molecule has 6 aromatic heterocycles. The van der Waals surface area contributed by atoms with E-state index in [4.69, 9.17) is 19.5 Å². The zero-order chi connectivity index (χ0) is 39.8. The molecule has 14 nitrogen and oxygen atoms in total. The first-order chi connectivity index (χ1) is 26.7. The maximum Gasteiger partial charge on any atom is 0.171 e. The van der Waals surface area contributed by atoms with Crippen LogP contribution in [0.3, 0.4) is 0 Å². The van der Waals surface area contributed by atoms with Crippen LogP contribution in [0, 0.1) is 0 Å². The van der Waals surface area contributed by atoms with Crippen molar-refractivity contribution < 1.29 is 0 Å². The highest BCUT2D eigenvalue weighted by Crippen LogP contribution is 2.60. The number of hydrogen-bond acceptors (Lipinski definition) is 4. The number of H-pyrrole nitrogens is 2. The largest absolute Gasteiger partial charge is 0.354 e. The van der Waals surface area contributed by atoms with Gasteiger partial charge in [-0.1, -0.05) is 24.3 Å². The van der Waals surface area contributed by atoms with Crippen LogP contribution in [0.4, 0.5) is 11.4 Å². The van der Waals surface area contributed by atoms with Gasteiger partial charge in [0.2, 0.25) is 0 Å². The van der Waals surface area contributed by atoms with E-state index in [0.29, 0.717) is 0 Å². The third-order valence-electron chi connectivity index (χ3n) is 10.7. The Morgan fingerprint density at radius 1 is 0.482 bits per heavy atom. The number of nitrogens with one attached hydrogen (secondary N) is 2. The van der Waals surface area contributed by atoms with E-state index >= 15 is 0 Å².